The average molecular weight is 280 g/mol. The first-order valence-corrected chi connectivity index (χ1v) is 8.24. The van der Waals surface area contributed by atoms with Crippen molar-refractivity contribution in [3.8, 4) is 0 Å². The maximum atomic E-state index is 8.73. The lowest BCUT2D eigenvalue weighted by atomic mass is 10.5. The van der Waals surface area contributed by atoms with E-state index in [9.17, 15) is 0 Å². The fourth-order valence-corrected chi connectivity index (χ4v) is 3.53. The molecule has 0 amide bonds. The Morgan fingerprint density at radius 1 is 1.22 bits per heavy atom. The van der Waals surface area contributed by atoms with Crippen LogP contribution in [0.4, 0.5) is 0 Å². The summed E-state index contributed by atoms with van der Waals surface area (Å²) in [4.78, 5) is 0. The van der Waals surface area contributed by atoms with Gasteiger partial charge in [-0.3, -0.25) is 0 Å². The lowest BCUT2D eigenvalue weighted by Crippen LogP contribution is -2.44. The molecule has 0 saturated carbocycles. The van der Waals surface area contributed by atoms with Gasteiger partial charge in [0.25, 0.3) is 0 Å². The van der Waals surface area contributed by atoms with Gasteiger partial charge in [-0.25, -0.2) is 0 Å². The highest BCUT2D eigenvalue weighted by atomic mass is 28.4. The Morgan fingerprint density at radius 3 is 2.50 bits per heavy atom. The number of hydrogen-bond donors (Lipinski definition) is 1. The molecule has 0 bridgehead atoms. The minimum Gasteiger partial charge on any atom is -0.396 e. The largest absolute Gasteiger partial charge is 0.500 e. The molecule has 0 spiro atoms. The fourth-order valence-electron chi connectivity index (χ4n) is 1.54. The van der Waals surface area contributed by atoms with E-state index in [1.807, 2.05) is 0 Å². The number of epoxide rings is 1. The highest BCUT2D eigenvalue weighted by Gasteiger charge is 2.38. The summed E-state index contributed by atoms with van der Waals surface area (Å²) < 4.78 is 27.0. The van der Waals surface area contributed by atoms with Gasteiger partial charge in [0, 0.05) is 40.1 Å². The summed E-state index contributed by atoms with van der Waals surface area (Å²) in [7, 11) is 0.645. The molecule has 18 heavy (non-hydrogen) atoms. The molecule has 0 aromatic carbocycles. The molecule has 6 nitrogen and oxygen atoms in total. The first-order valence-electron chi connectivity index (χ1n) is 6.31. The quantitative estimate of drug-likeness (QED) is 0.317. The van der Waals surface area contributed by atoms with Crippen LogP contribution in [-0.4, -0.2) is 67.3 Å². The van der Waals surface area contributed by atoms with Gasteiger partial charge in [-0.05, 0) is 12.8 Å². The van der Waals surface area contributed by atoms with E-state index in [1.54, 1.807) is 14.2 Å². The third-order valence-corrected chi connectivity index (χ3v) is 5.58. The maximum Gasteiger partial charge on any atom is 0.500 e. The second-order valence-electron chi connectivity index (χ2n) is 4.15. The standard InChI is InChI=1S/C11H24O6Si/c1-13-18(14-2,17-7-3-5-12)8-4-6-15-9-11-10-16-11/h11-12H,3-10H2,1-2H3. The van der Waals surface area contributed by atoms with Crippen molar-refractivity contribution < 1.29 is 27.9 Å². The van der Waals surface area contributed by atoms with Gasteiger partial charge >= 0.3 is 8.80 Å². The van der Waals surface area contributed by atoms with Crippen molar-refractivity contribution in [2.75, 3.05) is 47.3 Å². The minimum atomic E-state index is -2.56. The summed E-state index contributed by atoms with van der Waals surface area (Å²) in [5, 5.41) is 8.73. The van der Waals surface area contributed by atoms with E-state index in [-0.39, 0.29) is 6.61 Å². The Labute approximate surface area is 109 Å². The molecular formula is C11H24O6Si. The molecule has 1 aliphatic rings. The van der Waals surface area contributed by atoms with Crippen molar-refractivity contribution in [1.29, 1.82) is 0 Å². The lowest BCUT2D eigenvalue weighted by molar-refractivity contribution is 0.0815. The minimum absolute atomic E-state index is 0.114. The summed E-state index contributed by atoms with van der Waals surface area (Å²) in [5.41, 5.74) is 0. The molecule has 1 atom stereocenters. The third-order valence-electron chi connectivity index (χ3n) is 2.72. The molecule has 0 aromatic heterocycles. The van der Waals surface area contributed by atoms with Crippen LogP contribution in [0.1, 0.15) is 12.8 Å². The van der Waals surface area contributed by atoms with Crippen molar-refractivity contribution in [3.63, 3.8) is 0 Å². The zero-order valence-electron chi connectivity index (χ0n) is 11.2. The number of aliphatic hydroxyl groups is 1. The second-order valence-corrected chi connectivity index (χ2v) is 7.12. The molecule has 1 saturated heterocycles. The smallest absolute Gasteiger partial charge is 0.396 e. The van der Waals surface area contributed by atoms with Crippen LogP contribution < -0.4 is 0 Å². The Balaban J connectivity index is 2.13. The van der Waals surface area contributed by atoms with Crippen molar-refractivity contribution >= 4 is 8.80 Å². The van der Waals surface area contributed by atoms with Crippen molar-refractivity contribution in [2.45, 2.75) is 25.0 Å². The Morgan fingerprint density at radius 2 is 1.94 bits per heavy atom. The molecular weight excluding hydrogens is 256 g/mol. The van der Waals surface area contributed by atoms with Gasteiger partial charge < -0.3 is 27.9 Å². The predicted molar refractivity (Wildman–Crippen MR) is 67.4 cm³/mol. The molecule has 1 fully saturated rings. The summed E-state index contributed by atoms with van der Waals surface area (Å²) in [6.45, 7) is 2.72. The van der Waals surface area contributed by atoms with Crippen molar-refractivity contribution in [3.05, 3.63) is 0 Å². The van der Waals surface area contributed by atoms with Crippen LogP contribution in [0, 0.1) is 0 Å². The van der Waals surface area contributed by atoms with Gasteiger partial charge in [0.2, 0.25) is 0 Å². The molecule has 1 aliphatic heterocycles. The normalized spacial score (nSPS) is 19.2. The zero-order valence-corrected chi connectivity index (χ0v) is 12.2. The summed E-state index contributed by atoms with van der Waals surface area (Å²) in [6.07, 6.45) is 1.73. The lowest BCUT2D eigenvalue weighted by Gasteiger charge is -2.26. The van der Waals surface area contributed by atoms with Gasteiger partial charge in [0.05, 0.1) is 13.2 Å². The van der Waals surface area contributed by atoms with E-state index in [4.69, 9.17) is 27.9 Å². The topological polar surface area (TPSA) is 69.7 Å². The van der Waals surface area contributed by atoms with E-state index in [1.165, 1.54) is 0 Å². The van der Waals surface area contributed by atoms with Gasteiger partial charge in [-0.2, -0.15) is 0 Å². The van der Waals surface area contributed by atoms with E-state index in [2.05, 4.69) is 0 Å². The summed E-state index contributed by atoms with van der Waals surface area (Å²) in [6, 6.07) is 0.719. The molecule has 1 heterocycles. The second kappa shape index (κ2) is 8.97. The first-order chi connectivity index (χ1) is 8.76. The number of aliphatic hydroxyl groups excluding tert-OH is 1. The number of ether oxygens (including phenoxy) is 2. The summed E-state index contributed by atoms with van der Waals surface area (Å²) >= 11 is 0. The van der Waals surface area contributed by atoms with Gasteiger partial charge in [0.15, 0.2) is 0 Å². The maximum absolute atomic E-state index is 8.73. The monoisotopic (exact) mass is 280 g/mol. The highest BCUT2D eigenvalue weighted by Crippen LogP contribution is 2.17. The molecule has 0 radical (unpaired) electrons. The molecule has 1 unspecified atom stereocenters. The van der Waals surface area contributed by atoms with Crippen LogP contribution in [0.25, 0.3) is 0 Å². The van der Waals surface area contributed by atoms with Crippen LogP contribution in [-0.2, 0) is 22.8 Å². The van der Waals surface area contributed by atoms with Gasteiger partial charge in [0.1, 0.15) is 6.10 Å². The molecule has 108 valence electrons. The molecule has 1 N–H and O–H groups in total. The highest BCUT2D eigenvalue weighted by molar-refractivity contribution is 6.60. The van der Waals surface area contributed by atoms with Gasteiger partial charge in [-0.1, -0.05) is 0 Å². The zero-order chi connectivity index (χ0) is 13.3. The first kappa shape index (κ1) is 16.0. The van der Waals surface area contributed by atoms with E-state index < -0.39 is 8.80 Å². The molecule has 7 heteroatoms. The summed E-state index contributed by atoms with van der Waals surface area (Å²) in [5.74, 6) is 0. The predicted octanol–water partition coefficient (Wildman–Crippen LogP) is 0.423. The van der Waals surface area contributed by atoms with Crippen LogP contribution in [0.3, 0.4) is 0 Å². The van der Waals surface area contributed by atoms with E-state index in [0.717, 1.165) is 19.1 Å². The van der Waals surface area contributed by atoms with E-state index >= 15 is 0 Å². The SMILES string of the molecule is CO[Si](CCCOCC1CO1)(OC)OCCCO. The number of hydrogen-bond acceptors (Lipinski definition) is 6. The van der Waals surface area contributed by atoms with Crippen LogP contribution in [0.2, 0.25) is 6.04 Å². The van der Waals surface area contributed by atoms with Crippen molar-refractivity contribution in [2.24, 2.45) is 0 Å². The van der Waals surface area contributed by atoms with Crippen LogP contribution >= 0.6 is 0 Å². The van der Waals surface area contributed by atoms with Crippen LogP contribution in [0.5, 0.6) is 0 Å². The Hall–Kier alpha value is -0.0231. The Bertz CT molecular complexity index is 208. The molecule has 1 rings (SSSR count). The van der Waals surface area contributed by atoms with Gasteiger partial charge in [-0.15, -0.1) is 0 Å². The molecule has 0 aliphatic carbocycles. The third kappa shape index (κ3) is 6.23. The molecule has 0 aromatic rings. The Kier molecular flexibility index (Phi) is 7.99. The fraction of sp³-hybridized carbons (Fsp3) is 1.00. The number of rotatable bonds is 12. The van der Waals surface area contributed by atoms with Crippen molar-refractivity contribution in [1.82, 2.24) is 0 Å². The average Bonchev–Trinajstić information content (AvgIpc) is 3.21. The van der Waals surface area contributed by atoms with E-state index in [0.29, 0.717) is 32.3 Å². The van der Waals surface area contributed by atoms with Crippen LogP contribution in [0.15, 0.2) is 0 Å².